The van der Waals surface area contributed by atoms with E-state index in [9.17, 15) is 5.11 Å². The van der Waals surface area contributed by atoms with E-state index in [0.717, 1.165) is 42.2 Å². The minimum Gasteiger partial charge on any atom is -0.508 e. The summed E-state index contributed by atoms with van der Waals surface area (Å²) >= 11 is 0. The van der Waals surface area contributed by atoms with Gasteiger partial charge in [0.25, 0.3) is 0 Å². The molecule has 0 aliphatic heterocycles. The molecule has 1 aromatic carbocycles. The van der Waals surface area contributed by atoms with Crippen LogP contribution in [0.3, 0.4) is 0 Å². The van der Waals surface area contributed by atoms with E-state index < -0.39 is 0 Å². The normalized spacial score (nSPS) is 18.8. The monoisotopic (exact) mass is 261 g/mol. The molecule has 3 rings (SSSR count). The molecule has 2 aliphatic carbocycles. The summed E-state index contributed by atoms with van der Waals surface area (Å²) in [6.07, 6.45) is 5.70. The van der Waals surface area contributed by atoms with Crippen molar-refractivity contribution in [1.82, 2.24) is 5.32 Å². The summed E-state index contributed by atoms with van der Waals surface area (Å²) in [6, 6.07) is 5.40. The van der Waals surface area contributed by atoms with Gasteiger partial charge in [0.05, 0.1) is 7.11 Å². The molecule has 0 radical (unpaired) electrons. The van der Waals surface area contributed by atoms with Crippen LogP contribution < -0.4 is 10.1 Å². The molecule has 1 aromatic rings. The zero-order valence-corrected chi connectivity index (χ0v) is 11.6. The highest BCUT2D eigenvalue weighted by atomic mass is 16.5. The second kappa shape index (κ2) is 5.41. The van der Waals surface area contributed by atoms with Gasteiger partial charge in [-0.2, -0.15) is 0 Å². The number of hydrogen-bond acceptors (Lipinski definition) is 3. The maximum absolute atomic E-state index is 9.84. The van der Waals surface area contributed by atoms with Crippen LogP contribution in [0.2, 0.25) is 0 Å². The van der Waals surface area contributed by atoms with E-state index in [4.69, 9.17) is 4.74 Å². The highest BCUT2D eigenvalue weighted by Gasteiger charge is 2.40. The van der Waals surface area contributed by atoms with Gasteiger partial charge in [0.1, 0.15) is 11.5 Å². The molecule has 0 saturated heterocycles. The third-order valence-electron chi connectivity index (χ3n) is 4.44. The number of phenols is 1. The smallest absolute Gasteiger partial charge is 0.120 e. The summed E-state index contributed by atoms with van der Waals surface area (Å²) in [7, 11) is 1.65. The van der Waals surface area contributed by atoms with Crippen molar-refractivity contribution in [3.63, 3.8) is 0 Å². The van der Waals surface area contributed by atoms with Crippen molar-refractivity contribution in [3.05, 3.63) is 23.8 Å². The van der Waals surface area contributed by atoms with Crippen LogP contribution in [-0.2, 0) is 6.54 Å². The molecule has 0 spiro atoms. The molecule has 2 fully saturated rings. The van der Waals surface area contributed by atoms with E-state index in [1.165, 1.54) is 25.7 Å². The summed E-state index contributed by atoms with van der Waals surface area (Å²) in [5.41, 5.74) is 0.921. The molecular formula is C16H23NO2. The zero-order chi connectivity index (χ0) is 13.2. The van der Waals surface area contributed by atoms with E-state index in [1.54, 1.807) is 19.2 Å². The van der Waals surface area contributed by atoms with Gasteiger partial charge in [0.2, 0.25) is 0 Å². The van der Waals surface area contributed by atoms with Crippen LogP contribution in [0.15, 0.2) is 18.2 Å². The molecule has 0 amide bonds. The van der Waals surface area contributed by atoms with Crippen LogP contribution in [0, 0.1) is 17.8 Å². The predicted octanol–water partition coefficient (Wildman–Crippen LogP) is 2.93. The molecule has 3 heteroatoms. The standard InChI is InChI=1S/C16H23NO2/c1-19-14-6-7-16(18)13(8-14)9-17-10-15(11-2-3-11)12-4-5-12/h6-8,11-12,15,17-18H,2-5,9-10H2,1H3. The number of nitrogens with one attached hydrogen (secondary N) is 1. The number of methoxy groups -OCH3 is 1. The van der Waals surface area contributed by atoms with Crippen LogP contribution in [0.25, 0.3) is 0 Å². The molecule has 0 unspecified atom stereocenters. The van der Waals surface area contributed by atoms with Gasteiger partial charge in [0, 0.05) is 12.1 Å². The molecule has 2 saturated carbocycles. The molecule has 3 nitrogen and oxygen atoms in total. The van der Waals surface area contributed by atoms with Gasteiger partial charge in [-0.3, -0.25) is 0 Å². The predicted molar refractivity (Wildman–Crippen MR) is 75.3 cm³/mol. The summed E-state index contributed by atoms with van der Waals surface area (Å²) in [5.74, 6) is 3.96. The zero-order valence-electron chi connectivity index (χ0n) is 11.6. The molecule has 0 bridgehead atoms. The van der Waals surface area contributed by atoms with Crippen LogP contribution in [-0.4, -0.2) is 18.8 Å². The lowest BCUT2D eigenvalue weighted by Crippen LogP contribution is -2.25. The van der Waals surface area contributed by atoms with Gasteiger partial charge in [-0.05, 0) is 68.2 Å². The molecule has 19 heavy (non-hydrogen) atoms. The highest BCUT2D eigenvalue weighted by molar-refractivity contribution is 5.39. The number of hydrogen-bond donors (Lipinski definition) is 2. The maximum atomic E-state index is 9.84. The topological polar surface area (TPSA) is 41.5 Å². The second-order valence-electron chi connectivity index (χ2n) is 5.96. The third kappa shape index (κ3) is 3.21. The Hall–Kier alpha value is -1.22. The van der Waals surface area contributed by atoms with Crippen molar-refractivity contribution in [2.45, 2.75) is 32.2 Å². The number of rotatable bonds is 7. The fourth-order valence-electron chi connectivity index (χ4n) is 2.97. The second-order valence-corrected chi connectivity index (χ2v) is 5.96. The Labute approximate surface area is 115 Å². The Kier molecular flexibility index (Phi) is 3.65. The van der Waals surface area contributed by atoms with Crippen LogP contribution >= 0.6 is 0 Å². The van der Waals surface area contributed by atoms with E-state index in [2.05, 4.69) is 5.32 Å². The highest BCUT2D eigenvalue weighted by Crippen LogP contribution is 2.48. The van der Waals surface area contributed by atoms with Crippen molar-refractivity contribution in [1.29, 1.82) is 0 Å². The van der Waals surface area contributed by atoms with Crippen molar-refractivity contribution < 1.29 is 9.84 Å². The molecule has 2 aliphatic rings. The lowest BCUT2D eigenvalue weighted by molar-refractivity contribution is 0.375. The lowest BCUT2D eigenvalue weighted by atomic mass is 9.98. The van der Waals surface area contributed by atoms with Crippen molar-refractivity contribution in [2.24, 2.45) is 17.8 Å². The van der Waals surface area contributed by atoms with Crippen LogP contribution in [0.4, 0.5) is 0 Å². The molecule has 0 heterocycles. The van der Waals surface area contributed by atoms with Crippen molar-refractivity contribution in [3.8, 4) is 11.5 Å². The number of aromatic hydroxyl groups is 1. The van der Waals surface area contributed by atoms with E-state index >= 15 is 0 Å². The first-order chi connectivity index (χ1) is 9.28. The quantitative estimate of drug-likeness (QED) is 0.793. The van der Waals surface area contributed by atoms with E-state index in [1.807, 2.05) is 6.07 Å². The summed E-state index contributed by atoms with van der Waals surface area (Å²) in [5, 5.41) is 13.4. The van der Waals surface area contributed by atoms with Gasteiger partial charge in [-0.1, -0.05) is 0 Å². The number of phenolic OH excluding ortho intramolecular Hbond substituents is 1. The molecular weight excluding hydrogens is 238 g/mol. The van der Waals surface area contributed by atoms with Gasteiger partial charge < -0.3 is 15.2 Å². The van der Waals surface area contributed by atoms with E-state index in [-0.39, 0.29) is 0 Å². The maximum Gasteiger partial charge on any atom is 0.120 e. The fourth-order valence-corrected chi connectivity index (χ4v) is 2.97. The minimum atomic E-state index is 0.350. The van der Waals surface area contributed by atoms with Gasteiger partial charge in [0.15, 0.2) is 0 Å². The Balaban J connectivity index is 1.53. The molecule has 104 valence electrons. The summed E-state index contributed by atoms with van der Waals surface area (Å²) in [6.45, 7) is 1.81. The van der Waals surface area contributed by atoms with Gasteiger partial charge >= 0.3 is 0 Å². The Morgan fingerprint density at radius 1 is 1.26 bits per heavy atom. The average Bonchev–Trinajstić information content (AvgIpc) is 3.28. The first-order valence-corrected chi connectivity index (χ1v) is 7.34. The molecule has 0 atom stereocenters. The van der Waals surface area contributed by atoms with Gasteiger partial charge in [-0.25, -0.2) is 0 Å². The first kappa shape index (κ1) is 12.8. The Morgan fingerprint density at radius 3 is 2.53 bits per heavy atom. The number of benzene rings is 1. The van der Waals surface area contributed by atoms with E-state index in [0.29, 0.717) is 5.75 Å². The summed E-state index contributed by atoms with van der Waals surface area (Å²) < 4.78 is 5.19. The third-order valence-corrected chi connectivity index (χ3v) is 4.44. The Bertz CT molecular complexity index is 426. The SMILES string of the molecule is COc1ccc(O)c(CNCC(C2CC2)C2CC2)c1. The summed E-state index contributed by atoms with van der Waals surface area (Å²) in [4.78, 5) is 0. The van der Waals surface area contributed by atoms with Crippen LogP contribution in [0.5, 0.6) is 11.5 Å². The molecule has 2 N–H and O–H groups in total. The average molecular weight is 261 g/mol. The van der Waals surface area contributed by atoms with Crippen molar-refractivity contribution >= 4 is 0 Å². The van der Waals surface area contributed by atoms with Crippen LogP contribution in [0.1, 0.15) is 31.2 Å². The largest absolute Gasteiger partial charge is 0.508 e. The number of ether oxygens (including phenoxy) is 1. The minimum absolute atomic E-state index is 0.350. The fraction of sp³-hybridized carbons (Fsp3) is 0.625. The lowest BCUT2D eigenvalue weighted by Gasteiger charge is -2.16. The van der Waals surface area contributed by atoms with Crippen molar-refractivity contribution in [2.75, 3.05) is 13.7 Å². The Morgan fingerprint density at radius 2 is 1.95 bits per heavy atom. The van der Waals surface area contributed by atoms with Gasteiger partial charge in [-0.15, -0.1) is 0 Å². The first-order valence-electron chi connectivity index (χ1n) is 7.34. The molecule has 0 aromatic heterocycles.